The molecule has 1 aliphatic carbocycles. The van der Waals surface area contributed by atoms with E-state index in [1.54, 1.807) is 0 Å². The van der Waals surface area contributed by atoms with Crippen LogP contribution in [-0.2, 0) is 4.74 Å². The molecule has 0 aromatic carbocycles. The third kappa shape index (κ3) is 2.53. The molecule has 0 atom stereocenters. The zero-order valence-electron chi connectivity index (χ0n) is 12.0. The Balaban J connectivity index is 0.000000514. The van der Waals surface area contributed by atoms with E-state index in [1.165, 1.54) is 32.4 Å². The van der Waals surface area contributed by atoms with Crippen LogP contribution < -0.4 is 0 Å². The van der Waals surface area contributed by atoms with Gasteiger partial charge in [-0.25, -0.2) is 0 Å². The minimum atomic E-state index is 0.727. The topological polar surface area (TPSA) is 12.5 Å². The first-order chi connectivity index (χ1) is 8.19. The van der Waals surface area contributed by atoms with Gasteiger partial charge in [0.25, 0.3) is 0 Å². The van der Waals surface area contributed by atoms with Gasteiger partial charge in [0.05, 0.1) is 19.3 Å². The van der Waals surface area contributed by atoms with Crippen LogP contribution in [0.15, 0.2) is 0 Å². The second-order valence-electron chi connectivity index (χ2n) is 6.32. The van der Waals surface area contributed by atoms with Crippen LogP contribution in [0.4, 0.5) is 0 Å². The van der Waals surface area contributed by atoms with E-state index in [2.05, 4.69) is 18.7 Å². The Bertz CT molecular complexity index is 241. The van der Waals surface area contributed by atoms with Crippen molar-refractivity contribution >= 4 is 0 Å². The van der Waals surface area contributed by atoms with E-state index in [4.69, 9.17) is 4.74 Å². The summed E-state index contributed by atoms with van der Waals surface area (Å²) >= 11 is 0. The lowest BCUT2D eigenvalue weighted by atomic mass is 9.58. The molecule has 17 heavy (non-hydrogen) atoms. The highest BCUT2D eigenvalue weighted by molar-refractivity contribution is 5.02. The Labute approximate surface area is 107 Å². The number of hydrogen-bond donors (Lipinski definition) is 0. The van der Waals surface area contributed by atoms with E-state index in [9.17, 15) is 0 Å². The molecular formula is C15H29NO. The normalized spacial score (nSPS) is 37.6. The molecule has 0 unspecified atom stereocenters. The van der Waals surface area contributed by atoms with Gasteiger partial charge in [-0.05, 0) is 43.1 Å². The Morgan fingerprint density at radius 3 is 2.29 bits per heavy atom. The van der Waals surface area contributed by atoms with Gasteiger partial charge in [-0.3, -0.25) is 4.90 Å². The number of nitrogens with zero attached hydrogens (tertiary/aromatic N) is 1. The molecule has 3 rings (SSSR count). The molecule has 0 bridgehead atoms. The largest absolute Gasteiger partial charge is 0.378 e. The fraction of sp³-hybridized carbons (Fsp3) is 1.00. The van der Waals surface area contributed by atoms with Gasteiger partial charge in [-0.2, -0.15) is 0 Å². The molecule has 2 nitrogen and oxygen atoms in total. The summed E-state index contributed by atoms with van der Waals surface area (Å²) in [7, 11) is 0. The van der Waals surface area contributed by atoms with Gasteiger partial charge in [-0.1, -0.05) is 27.7 Å². The smallest absolute Gasteiger partial charge is 0.0645 e. The molecule has 0 N–H and O–H groups in total. The van der Waals surface area contributed by atoms with Crippen molar-refractivity contribution < 1.29 is 4.74 Å². The molecule has 2 heterocycles. The van der Waals surface area contributed by atoms with E-state index < -0.39 is 0 Å². The lowest BCUT2D eigenvalue weighted by molar-refractivity contribution is -0.0669. The van der Waals surface area contributed by atoms with Crippen LogP contribution in [-0.4, -0.2) is 37.2 Å². The molecule has 3 aliphatic rings. The fourth-order valence-corrected chi connectivity index (χ4v) is 3.57. The summed E-state index contributed by atoms with van der Waals surface area (Å²) in [6.45, 7) is 13.4. The number of ether oxygens (including phenoxy) is 1. The Morgan fingerprint density at radius 1 is 1.18 bits per heavy atom. The van der Waals surface area contributed by atoms with Crippen molar-refractivity contribution in [2.45, 2.75) is 53.0 Å². The first-order valence-electron chi connectivity index (χ1n) is 7.50. The van der Waals surface area contributed by atoms with E-state index in [1.807, 2.05) is 13.8 Å². The first-order valence-corrected chi connectivity index (χ1v) is 7.50. The minimum Gasteiger partial charge on any atom is -0.378 e. The molecule has 1 saturated carbocycles. The van der Waals surface area contributed by atoms with Gasteiger partial charge in [0.15, 0.2) is 0 Å². The van der Waals surface area contributed by atoms with Crippen LogP contribution in [0, 0.1) is 17.3 Å². The lowest BCUT2D eigenvalue weighted by Gasteiger charge is -2.48. The molecule has 0 aromatic heterocycles. The molecule has 1 spiro atoms. The van der Waals surface area contributed by atoms with Crippen molar-refractivity contribution in [1.29, 1.82) is 0 Å². The fourth-order valence-electron chi connectivity index (χ4n) is 3.57. The van der Waals surface area contributed by atoms with E-state index in [0.29, 0.717) is 0 Å². The standard InChI is InChI=1S/C13H23NO.C2H6/c1-10(2)11-5-13(6-11)3-4-14(9-13)12-7-15-8-12;1-2/h10-12H,3-9H2,1-2H3;1-2H3. The molecule has 100 valence electrons. The number of likely N-dealkylation sites (tertiary alicyclic amines) is 1. The highest BCUT2D eigenvalue weighted by atomic mass is 16.5. The first kappa shape index (κ1) is 13.4. The molecule has 2 saturated heterocycles. The molecule has 3 fully saturated rings. The number of hydrogen-bond acceptors (Lipinski definition) is 2. The summed E-state index contributed by atoms with van der Waals surface area (Å²) in [6, 6.07) is 0.766. The summed E-state index contributed by atoms with van der Waals surface area (Å²) in [4.78, 5) is 2.68. The van der Waals surface area contributed by atoms with Crippen molar-refractivity contribution in [3.8, 4) is 0 Å². The van der Waals surface area contributed by atoms with Crippen LogP contribution in [0.1, 0.15) is 47.0 Å². The molecular weight excluding hydrogens is 210 g/mol. The molecule has 2 heteroatoms. The maximum Gasteiger partial charge on any atom is 0.0645 e. The zero-order chi connectivity index (χ0) is 12.5. The quantitative estimate of drug-likeness (QED) is 0.734. The van der Waals surface area contributed by atoms with Gasteiger partial charge >= 0.3 is 0 Å². The maximum atomic E-state index is 5.28. The van der Waals surface area contributed by atoms with E-state index >= 15 is 0 Å². The number of rotatable bonds is 2. The third-order valence-electron chi connectivity index (χ3n) is 4.94. The summed E-state index contributed by atoms with van der Waals surface area (Å²) in [6.07, 6.45) is 4.44. The molecule has 0 radical (unpaired) electrons. The highest BCUT2D eigenvalue weighted by Crippen LogP contribution is 2.54. The van der Waals surface area contributed by atoms with E-state index in [0.717, 1.165) is 36.5 Å². The summed E-state index contributed by atoms with van der Waals surface area (Å²) < 4.78 is 5.28. The summed E-state index contributed by atoms with van der Waals surface area (Å²) in [5.74, 6) is 1.92. The van der Waals surface area contributed by atoms with Crippen molar-refractivity contribution in [2.24, 2.45) is 17.3 Å². The Morgan fingerprint density at radius 2 is 1.82 bits per heavy atom. The average molecular weight is 239 g/mol. The van der Waals surface area contributed by atoms with Crippen LogP contribution in [0.3, 0.4) is 0 Å². The Kier molecular flexibility index (Phi) is 4.14. The van der Waals surface area contributed by atoms with Crippen LogP contribution >= 0.6 is 0 Å². The third-order valence-corrected chi connectivity index (χ3v) is 4.94. The molecule has 2 aliphatic heterocycles. The predicted octanol–water partition coefficient (Wildman–Crippen LogP) is 3.17. The second kappa shape index (κ2) is 5.27. The summed E-state index contributed by atoms with van der Waals surface area (Å²) in [5.41, 5.74) is 0.727. The van der Waals surface area contributed by atoms with Crippen molar-refractivity contribution in [3.63, 3.8) is 0 Å². The van der Waals surface area contributed by atoms with Crippen molar-refractivity contribution in [3.05, 3.63) is 0 Å². The molecule has 0 amide bonds. The maximum absolute atomic E-state index is 5.28. The van der Waals surface area contributed by atoms with Crippen molar-refractivity contribution in [1.82, 2.24) is 4.90 Å². The average Bonchev–Trinajstić information content (AvgIpc) is 2.60. The van der Waals surface area contributed by atoms with Crippen LogP contribution in [0.5, 0.6) is 0 Å². The van der Waals surface area contributed by atoms with Gasteiger partial charge < -0.3 is 4.74 Å². The van der Waals surface area contributed by atoms with Gasteiger partial charge in [-0.15, -0.1) is 0 Å². The van der Waals surface area contributed by atoms with Crippen LogP contribution in [0.2, 0.25) is 0 Å². The van der Waals surface area contributed by atoms with Gasteiger partial charge in [0.1, 0.15) is 0 Å². The predicted molar refractivity (Wildman–Crippen MR) is 72.1 cm³/mol. The monoisotopic (exact) mass is 239 g/mol. The van der Waals surface area contributed by atoms with E-state index in [-0.39, 0.29) is 0 Å². The zero-order valence-corrected chi connectivity index (χ0v) is 12.0. The highest BCUT2D eigenvalue weighted by Gasteiger charge is 2.50. The Hall–Kier alpha value is -0.0800. The SMILES string of the molecule is CC.CC(C)C1CC2(CCN(C3COC3)C2)C1. The van der Waals surface area contributed by atoms with Gasteiger partial charge in [0, 0.05) is 6.54 Å². The molecule has 0 aromatic rings. The lowest BCUT2D eigenvalue weighted by Crippen LogP contribution is -2.50. The van der Waals surface area contributed by atoms with Crippen LogP contribution in [0.25, 0.3) is 0 Å². The minimum absolute atomic E-state index is 0.727. The van der Waals surface area contributed by atoms with Gasteiger partial charge in [0.2, 0.25) is 0 Å². The summed E-state index contributed by atoms with van der Waals surface area (Å²) in [5, 5.41) is 0. The second-order valence-corrected chi connectivity index (χ2v) is 6.32. The van der Waals surface area contributed by atoms with Crippen molar-refractivity contribution in [2.75, 3.05) is 26.3 Å².